The van der Waals surface area contributed by atoms with Gasteiger partial charge in [-0.1, -0.05) is 29.8 Å². The van der Waals surface area contributed by atoms with Crippen LogP contribution in [0, 0.1) is 0 Å². The Morgan fingerprint density at radius 2 is 1.83 bits per heavy atom. The van der Waals surface area contributed by atoms with Gasteiger partial charge in [0.15, 0.2) is 0 Å². The van der Waals surface area contributed by atoms with E-state index in [0.29, 0.717) is 18.2 Å². The lowest BCUT2D eigenvalue weighted by atomic mass is 9.97. The molecule has 0 aromatic heterocycles. The lowest BCUT2D eigenvalue weighted by Crippen LogP contribution is -2.54. The van der Waals surface area contributed by atoms with Gasteiger partial charge in [0.05, 0.1) is 6.10 Å². The second-order valence-corrected chi connectivity index (χ2v) is 6.26. The van der Waals surface area contributed by atoms with Gasteiger partial charge < -0.3 is 4.74 Å². The minimum atomic E-state index is -3.92. The third-order valence-corrected chi connectivity index (χ3v) is 4.73. The maximum Gasteiger partial charge on any atom is 0.422 e. The molecule has 0 aromatic carbocycles. The third kappa shape index (κ3) is 6.01. The molecule has 0 atom stereocenters. The summed E-state index contributed by atoms with van der Waals surface area (Å²) in [4.78, 5) is 11.3. The van der Waals surface area contributed by atoms with Crippen LogP contribution in [0.25, 0.3) is 0 Å². The average Bonchev–Trinajstić information content (AvgIpc) is 2.24. The van der Waals surface area contributed by atoms with Crippen LogP contribution >= 0.6 is 15.9 Å². The molecule has 0 saturated heterocycles. The van der Waals surface area contributed by atoms with Gasteiger partial charge in [-0.05, 0) is 26.7 Å². The van der Waals surface area contributed by atoms with Gasteiger partial charge in [0.2, 0.25) is 0 Å². The van der Waals surface area contributed by atoms with E-state index in [0.717, 1.165) is 0 Å². The number of hydrogen-bond donors (Lipinski definition) is 2. The van der Waals surface area contributed by atoms with Crippen molar-refractivity contribution in [3.63, 3.8) is 0 Å². The Morgan fingerprint density at radius 3 is 2.17 bits per heavy atom. The minimum absolute atomic E-state index is 0.376. The zero-order chi connectivity index (χ0) is 14.4. The molecular weight excluding hydrogens is 324 g/mol. The molecule has 0 aliphatic carbocycles. The molecule has 0 rings (SSSR count). The Morgan fingerprint density at radius 1 is 1.33 bits per heavy atom. The average molecular weight is 345 g/mol. The summed E-state index contributed by atoms with van der Waals surface area (Å²) in [7, 11) is -3.92. The molecule has 0 radical (unpaired) electrons. The molecular formula is C10H21BrN2O4S. The lowest BCUT2D eigenvalue weighted by molar-refractivity contribution is 0.121. The van der Waals surface area contributed by atoms with Crippen molar-refractivity contribution in [2.24, 2.45) is 0 Å². The minimum Gasteiger partial charge on any atom is -0.446 e. The number of nitrogens with one attached hydrogen (secondary N) is 2. The van der Waals surface area contributed by atoms with Gasteiger partial charge in [-0.2, -0.15) is 13.1 Å². The topological polar surface area (TPSA) is 84.5 Å². The number of ether oxygens (including phenoxy) is 1. The van der Waals surface area contributed by atoms with E-state index in [1.165, 1.54) is 0 Å². The first-order valence-corrected chi connectivity index (χ1v) is 8.39. The molecule has 6 nitrogen and oxygen atoms in total. The summed E-state index contributed by atoms with van der Waals surface area (Å²) in [6.07, 6.45) is -0.143. The van der Waals surface area contributed by atoms with Gasteiger partial charge in [0.25, 0.3) is 0 Å². The second kappa shape index (κ2) is 7.30. The molecule has 0 heterocycles. The van der Waals surface area contributed by atoms with Crippen molar-refractivity contribution in [2.45, 2.75) is 52.2 Å². The zero-order valence-corrected chi connectivity index (χ0v) is 13.5. The first kappa shape index (κ1) is 17.7. The van der Waals surface area contributed by atoms with E-state index in [-0.39, 0.29) is 6.10 Å². The Labute approximate surface area is 117 Å². The van der Waals surface area contributed by atoms with Gasteiger partial charge in [-0.3, -0.25) is 0 Å². The van der Waals surface area contributed by atoms with Crippen LogP contribution in [0.1, 0.15) is 40.5 Å². The predicted octanol–water partition coefficient (Wildman–Crippen LogP) is 1.91. The van der Waals surface area contributed by atoms with Crippen molar-refractivity contribution in [1.29, 1.82) is 0 Å². The van der Waals surface area contributed by atoms with E-state index >= 15 is 0 Å². The number of carbonyl (C=O) groups is 1. The fourth-order valence-corrected chi connectivity index (χ4v) is 3.64. The Hall–Kier alpha value is -0.340. The quantitative estimate of drug-likeness (QED) is 0.691. The van der Waals surface area contributed by atoms with Crippen LogP contribution in [0.2, 0.25) is 0 Å². The summed E-state index contributed by atoms with van der Waals surface area (Å²) in [5.74, 6) is 0. The number of alkyl halides is 1. The van der Waals surface area contributed by atoms with Crippen LogP contribution in [-0.2, 0) is 14.9 Å². The highest BCUT2D eigenvalue weighted by molar-refractivity contribution is 9.09. The summed E-state index contributed by atoms with van der Waals surface area (Å²) < 4.78 is 32.6. The zero-order valence-electron chi connectivity index (χ0n) is 11.1. The summed E-state index contributed by atoms with van der Waals surface area (Å²) in [5, 5.41) is 0.465. The summed E-state index contributed by atoms with van der Waals surface area (Å²) >= 11 is 3.28. The van der Waals surface area contributed by atoms with Gasteiger partial charge in [-0.25, -0.2) is 9.52 Å². The van der Waals surface area contributed by atoms with E-state index in [2.05, 4.69) is 20.7 Å². The number of rotatable bonds is 7. The monoisotopic (exact) mass is 344 g/mol. The van der Waals surface area contributed by atoms with Crippen LogP contribution in [0.5, 0.6) is 0 Å². The van der Waals surface area contributed by atoms with Gasteiger partial charge in [0, 0.05) is 10.9 Å². The number of carbonyl (C=O) groups excluding carboxylic acids is 1. The highest BCUT2D eigenvalue weighted by Crippen LogP contribution is 2.18. The summed E-state index contributed by atoms with van der Waals surface area (Å²) in [6, 6.07) is 0. The molecule has 0 aromatic rings. The SMILES string of the molecule is CCC(CC)(CBr)NS(=O)(=O)NC(=O)OC(C)C. The Balaban J connectivity index is 4.70. The predicted molar refractivity (Wildman–Crippen MR) is 73.9 cm³/mol. The molecule has 108 valence electrons. The smallest absolute Gasteiger partial charge is 0.422 e. The van der Waals surface area contributed by atoms with Crippen molar-refractivity contribution in [3.05, 3.63) is 0 Å². The number of halogens is 1. The highest BCUT2D eigenvalue weighted by Gasteiger charge is 2.31. The molecule has 0 aliphatic heterocycles. The van der Waals surface area contributed by atoms with Crippen molar-refractivity contribution < 1.29 is 17.9 Å². The number of amides is 1. The van der Waals surface area contributed by atoms with E-state index in [4.69, 9.17) is 4.74 Å². The fraction of sp³-hybridized carbons (Fsp3) is 0.900. The Kier molecular flexibility index (Phi) is 7.16. The van der Waals surface area contributed by atoms with E-state index in [1.807, 2.05) is 18.6 Å². The highest BCUT2D eigenvalue weighted by atomic mass is 79.9. The summed E-state index contributed by atoms with van der Waals surface area (Å²) in [5.41, 5.74) is -0.607. The van der Waals surface area contributed by atoms with Crippen LogP contribution in [0.4, 0.5) is 4.79 Å². The molecule has 0 saturated carbocycles. The van der Waals surface area contributed by atoms with E-state index < -0.39 is 21.8 Å². The first-order valence-electron chi connectivity index (χ1n) is 5.78. The molecule has 0 bridgehead atoms. The second-order valence-electron chi connectivity index (χ2n) is 4.28. The van der Waals surface area contributed by atoms with Crippen LogP contribution in [0.15, 0.2) is 0 Å². The van der Waals surface area contributed by atoms with Crippen LogP contribution in [-0.4, -0.2) is 31.5 Å². The molecule has 1 amide bonds. The fourth-order valence-electron chi connectivity index (χ4n) is 1.27. The first-order chi connectivity index (χ1) is 8.20. The molecule has 0 unspecified atom stereocenters. The van der Waals surface area contributed by atoms with Crippen LogP contribution in [0.3, 0.4) is 0 Å². The van der Waals surface area contributed by atoms with Crippen molar-refractivity contribution in [3.8, 4) is 0 Å². The van der Waals surface area contributed by atoms with Crippen molar-refractivity contribution in [2.75, 3.05) is 5.33 Å². The lowest BCUT2D eigenvalue weighted by Gasteiger charge is -2.30. The van der Waals surface area contributed by atoms with Crippen LogP contribution < -0.4 is 9.44 Å². The maximum absolute atomic E-state index is 11.8. The molecule has 18 heavy (non-hydrogen) atoms. The third-order valence-electron chi connectivity index (χ3n) is 2.52. The van der Waals surface area contributed by atoms with Gasteiger partial charge in [0.1, 0.15) is 0 Å². The molecule has 8 heteroatoms. The van der Waals surface area contributed by atoms with E-state index in [9.17, 15) is 13.2 Å². The normalized spacial score (nSPS) is 12.6. The van der Waals surface area contributed by atoms with Crippen molar-refractivity contribution in [1.82, 2.24) is 9.44 Å². The van der Waals surface area contributed by atoms with Gasteiger partial charge >= 0.3 is 16.3 Å². The maximum atomic E-state index is 11.8. The van der Waals surface area contributed by atoms with Gasteiger partial charge in [-0.15, -0.1) is 0 Å². The standard InChI is InChI=1S/C10H21BrN2O4S/c1-5-10(6-2,7-11)13-18(15,16)12-9(14)17-8(3)4/h8,13H,5-7H2,1-4H3,(H,12,14). The molecule has 2 N–H and O–H groups in total. The Bertz CT molecular complexity index is 358. The number of hydrogen-bond acceptors (Lipinski definition) is 4. The molecule has 0 fully saturated rings. The molecule has 0 aliphatic rings. The molecule has 0 spiro atoms. The van der Waals surface area contributed by atoms with E-state index in [1.54, 1.807) is 13.8 Å². The van der Waals surface area contributed by atoms with Crippen molar-refractivity contribution >= 4 is 32.2 Å². The largest absolute Gasteiger partial charge is 0.446 e. The summed E-state index contributed by atoms with van der Waals surface area (Å²) in [6.45, 7) is 7.03.